The molecule has 1 unspecified atom stereocenters. The molecule has 0 bridgehead atoms. The molecule has 6 nitrogen and oxygen atoms in total. The Kier molecular flexibility index (Phi) is 8.34. The van der Waals surface area contributed by atoms with Crippen molar-refractivity contribution in [1.29, 1.82) is 0 Å². The van der Waals surface area contributed by atoms with E-state index in [4.69, 9.17) is 4.74 Å². The molecule has 0 spiro atoms. The molecule has 0 aliphatic heterocycles. The average molecular weight is 383 g/mol. The number of carbonyl (C=O) groups excluding carboxylic acids is 1. The number of rotatable bonds is 8. The van der Waals surface area contributed by atoms with E-state index < -0.39 is 0 Å². The fourth-order valence-electron chi connectivity index (χ4n) is 2.79. The molecule has 0 aliphatic rings. The van der Waals surface area contributed by atoms with Crippen LogP contribution in [0.15, 0.2) is 53.5 Å². The Hall–Kier alpha value is -3.02. The van der Waals surface area contributed by atoms with E-state index in [9.17, 15) is 4.79 Å². The van der Waals surface area contributed by atoms with Crippen LogP contribution in [0.5, 0.6) is 5.75 Å². The van der Waals surface area contributed by atoms with Crippen LogP contribution in [0, 0.1) is 6.92 Å². The molecule has 6 heteroatoms. The second kappa shape index (κ2) is 11.0. The summed E-state index contributed by atoms with van der Waals surface area (Å²) in [6.07, 6.45) is 0. The van der Waals surface area contributed by atoms with Gasteiger partial charge in [-0.25, -0.2) is 0 Å². The summed E-state index contributed by atoms with van der Waals surface area (Å²) < 4.78 is 5.14. The van der Waals surface area contributed by atoms with Crippen molar-refractivity contribution in [3.63, 3.8) is 0 Å². The first-order chi connectivity index (χ1) is 13.5. The molecule has 2 rings (SSSR count). The summed E-state index contributed by atoms with van der Waals surface area (Å²) in [7, 11) is 3.32. The van der Waals surface area contributed by atoms with Crippen molar-refractivity contribution in [2.45, 2.75) is 19.8 Å². The van der Waals surface area contributed by atoms with Gasteiger partial charge in [0, 0.05) is 32.2 Å². The van der Waals surface area contributed by atoms with Crippen molar-refractivity contribution in [1.82, 2.24) is 16.0 Å². The third kappa shape index (κ3) is 6.61. The SMILES string of the molecule is CN=C(NCCNC(=O)c1cccc(OC)c1)NCC(C)c1cccc(C)c1. The van der Waals surface area contributed by atoms with Gasteiger partial charge in [0.15, 0.2) is 5.96 Å². The van der Waals surface area contributed by atoms with Crippen LogP contribution in [0.2, 0.25) is 0 Å². The van der Waals surface area contributed by atoms with Crippen molar-refractivity contribution in [3.05, 3.63) is 65.2 Å². The molecule has 3 N–H and O–H groups in total. The number of hydrogen-bond acceptors (Lipinski definition) is 3. The molecule has 150 valence electrons. The van der Waals surface area contributed by atoms with Crippen LogP contribution in [0.3, 0.4) is 0 Å². The summed E-state index contributed by atoms with van der Waals surface area (Å²) in [5.74, 6) is 1.62. The first-order valence-electron chi connectivity index (χ1n) is 9.46. The molecule has 0 aliphatic carbocycles. The third-order valence-corrected chi connectivity index (χ3v) is 4.45. The zero-order valence-corrected chi connectivity index (χ0v) is 17.1. The van der Waals surface area contributed by atoms with E-state index in [2.05, 4.69) is 59.1 Å². The van der Waals surface area contributed by atoms with Gasteiger partial charge in [0.05, 0.1) is 7.11 Å². The van der Waals surface area contributed by atoms with E-state index in [0.717, 1.165) is 12.5 Å². The van der Waals surface area contributed by atoms with Crippen LogP contribution < -0.4 is 20.7 Å². The van der Waals surface area contributed by atoms with Crippen LogP contribution in [-0.2, 0) is 0 Å². The number of hydrogen-bond donors (Lipinski definition) is 3. The highest BCUT2D eigenvalue weighted by molar-refractivity contribution is 5.94. The predicted octanol–water partition coefficient (Wildman–Crippen LogP) is 2.70. The van der Waals surface area contributed by atoms with Gasteiger partial charge in [-0.2, -0.15) is 0 Å². The molecule has 0 saturated carbocycles. The number of ether oxygens (including phenoxy) is 1. The minimum atomic E-state index is -0.128. The highest BCUT2D eigenvalue weighted by Gasteiger charge is 2.08. The maximum Gasteiger partial charge on any atom is 0.251 e. The van der Waals surface area contributed by atoms with Gasteiger partial charge >= 0.3 is 0 Å². The lowest BCUT2D eigenvalue weighted by Gasteiger charge is -2.17. The summed E-state index contributed by atoms with van der Waals surface area (Å²) in [5.41, 5.74) is 3.14. The third-order valence-electron chi connectivity index (χ3n) is 4.45. The lowest BCUT2D eigenvalue weighted by atomic mass is 9.99. The number of methoxy groups -OCH3 is 1. The zero-order chi connectivity index (χ0) is 20.4. The van der Waals surface area contributed by atoms with Crippen molar-refractivity contribution in [2.75, 3.05) is 33.8 Å². The Morgan fingerprint density at radius 1 is 1.07 bits per heavy atom. The Balaban J connectivity index is 1.72. The first-order valence-corrected chi connectivity index (χ1v) is 9.46. The summed E-state index contributed by atoms with van der Waals surface area (Å²) in [6, 6.07) is 15.6. The number of nitrogens with zero attached hydrogens (tertiary/aromatic N) is 1. The molecular formula is C22H30N4O2. The molecule has 0 heterocycles. The van der Waals surface area contributed by atoms with Crippen LogP contribution >= 0.6 is 0 Å². The maximum atomic E-state index is 12.2. The average Bonchev–Trinajstić information content (AvgIpc) is 2.72. The van der Waals surface area contributed by atoms with Gasteiger partial charge < -0.3 is 20.7 Å². The second-order valence-corrected chi connectivity index (χ2v) is 6.68. The summed E-state index contributed by atoms with van der Waals surface area (Å²) in [4.78, 5) is 16.4. The van der Waals surface area contributed by atoms with Crippen molar-refractivity contribution in [3.8, 4) is 5.75 Å². The molecule has 0 saturated heterocycles. The van der Waals surface area contributed by atoms with E-state index >= 15 is 0 Å². The highest BCUT2D eigenvalue weighted by Crippen LogP contribution is 2.15. The van der Waals surface area contributed by atoms with Crippen molar-refractivity contribution >= 4 is 11.9 Å². The van der Waals surface area contributed by atoms with E-state index in [1.165, 1.54) is 11.1 Å². The molecule has 0 fully saturated rings. The number of aliphatic imine (C=N–C) groups is 1. The van der Waals surface area contributed by atoms with E-state index in [1.54, 1.807) is 32.4 Å². The maximum absolute atomic E-state index is 12.2. The lowest BCUT2D eigenvalue weighted by molar-refractivity contribution is 0.0954. The number of amides is 1. The van der Waals surface area contributed by atoms with Gasteiger partial charge in [-0.3, -0.25) is 9.79 Å². The number of carbonyl (C=O) groups is 1. The Morgan fingerprint density at radius 3 is 2.54 bits per heavy atom. The van der Waals surface area contributed by atoms with E-state index in [0.29, 0.717) is 30.3 Å². The largest absolute Gasteiger partial charge is 0.497 e. The molecule has 28 heavy (non-hydrogen) atoms. The summed E-state index contributed by atoms with van der Waals surface area (Å²) >= 11 is 0. The topological polar surface area (TPSA) is 74.8 Å². The Labute approximate surface area is 167 Å². The standard InChI is InChI=1S/C22H30N4O2/c1-16-7-5-8-18(13-16)17(2)15-26-22(23-3)25-12-11-24-21(27)19-9-6-10-20(14-19)28-4/h5-10,13-14,17H,11-12,15H2,1-4H3,(H,24,27)(H2,23,25,26). The van der Waals surface area contributed by atoms with Gasteiger partial charge in [-0.05, 0) is 36.6 Å². The van der Waals surface area contributed by atoms with Gasteiger partial charge in [0.25, 0.3) is 5.91 Å². The van der Waals surface area contributed by atoms with Gasteiger partial charge in [-0.1, -0.05) is 42.8 Å². The Morgan fingerprint density at radius 2 is 1.82 bits per heavy atom. The highest BCUT2D eigenvalue weighted by atomic mass is 16.5. The monoisotopic (exact) mass is 382 g/mol. The van der Waals surface area contributed by atoms with Crippen LogP contribution in [0.1, 0.15) is 34.3 Å². The molecule has 2 aromatic rings. The lowest BCUT2D eigenvalue weighted by Crippen LogP contribution is -2.42. The molecule has 1 atom stereocenters. The summed E-state index contributed by atoms with van der Waals surface area (Å²) in [5, 5.41) is 9.44. The quantitative estimate of drug-likeness (QED) is 0.373. The number of benzene rings is 2. The molecule has 0 radical (unpaired) electrons. The molecule has 1 amide bonds. The van der Waals surface area contributed by atoms with Crippen LogP contribution in [0.4, 0.5) is 0 Å². The minimum Gasteiger partial charge on any atom is -0.497 e. The van der Waals surface area contributed by atoms with Crippen molar-refractivity contribution in [2.24, 2.45) is 4.99 Å². The number of guanidine groups is 1. The van der Waals surface area contributed by atoms with E-state index in [-0.39, 0.29) is 5.91 Å². The van der Waals surface area contributed by atoms with E-state index in [1.807, 2.05) is 6.07 Å². The molecule has 0 aromatic heterocycles. The predicted molar refractivity (Wildman–Crippen MR) is 114 cm³/mol. The Bertz CT molecular complexity index is 805. The van der Waals surface area contributed by atoms with Crippen LogP contribution in [0.25, 0.3) is 0 Å². The smallest absolute Gasteiger partial charge is 0.251 e. The van der Waals surface area contributed by atoms with Gasteiger partial charge in [0.2, 0.25) is 0 Å². The zero-order valence-electron chi connectivity index (χ0n) is 17.1. The molecule has 2 aromatic carbocycles. The summed E-state index contributed by atoms with van der Waals surface area (Å²) in [6.45, 7) is 6.13. The molecular weight excluding hydrogens is 352 g/mol. The van der Waals surface area contributed by atoms with Crippen LogP contribution in [-0.4, -0.2) is 45.7 Å². The number of aryl methyl sites for hydroxylation is 1. The number of nitrogens with one attached hydrogen (secondary N) is 3. The second-order valence-electron chi connectivity index (χ2n) is 6.68. The minimum absolute atomic E-state index is 0.128. The fraction of sp³-hybridized carbons (Fsp3) is 0.364. The van der Waals surface area contributed by atoms with Gasteiger partial charge in [0.1, 0.15) is 5.75 Å². The van der Waals surface area contributed by atoms with Gasteiger partial charge in [-0.15, -0.1) is 0 Å². The normalized spacial score (nSPS) is 12.2. The fourth-order valence-corrected chi connectivity index (χ4v) is 2.79. The van der Waals surface area contributed by atoms with Crippen molar-refractivity contribution < 1.29 is 9.53 Å². The first kappa shape index (κ1) is 21.3.